The van der Waals surface area contributed by atoms with Crippen LogP contribution in [-0.2, 0) is 6.42 Å². The number of rotatable bonds is 2. The Morgan fingerprint density at radius 2 is 1.81 bits per heavy atom. The van der Waals surface area contributed by atoms with E-state index in [9.17, 15) is 0 Å². The fraction of sp³-hybridized carbons (Fsp3) is 0.417. The van der Waals surface area contributed by atoms with Crippen LogP contribution in [0.25, 0.3) is 5.69 Å². The van der Waals surface area contributed by atoms with Gasteiger partial charge in [-0.25, -0.2) is 0 Å². The first kappa shape index (κ1) is 10.8. The minimum atomic E-state index is 0.185. The molecule has 0 saturated heterocycles. The second kappa shape index (κ2) is 4.04. The second-order valence-electron chi connectivity index (χ2n) is 5.07. The summed E-state index contributed by atoms with van der Waals surface area (Å²) in [5.74, 6) is 0.788. The number of benzene rings is 1. The maximum absolute atomic E-state index is 4.36. The van der Waals surface area contributed by atoms with Crippen molar-refractivity contribution >= 4 is 0 Å². The van der Waals surface area contributed by atoms with Crippen LogP contribution in [0.3, 0.4) is 0 Å². The number of aromatic nitrogens is 4. The normalized spacial score (nSPS) is 11.7. The molecule has 0 aliphatic carbocycles. The third-order valence-corrected chi connectivity index (χ3v) is 2.13. The van der Waals surface area contributed by atoms with Crippen LogP contribution >= 0.6 is 0 Å². The highest BCUT2D eigenvalue weighted by Gasteiger charge is 2.15. The predicted octanol–water partition coefficient (Wildman–Crippen LogP) is 2.25. The van der Waals surface area contributed by atoms with Crippen LogP contribution in [0.1, 0.15) is 26.6 Å². The highest BCUT2D eigenvalue weighted by atomic mass is 15.6. The van der Waals surface area contributed by atoms with Gasteiger partial charge in [-0.15, -0.1) is 15.0 Å². The molecular formula is C12H16N4. The molecule has 0 spiro atoms. The van der Waals surface area contributed by atoms with Crippen LogP contribution in [0.4, 0.5) is 0 Å². The number of hydrogen-bond donors (Lipinski definition) is 0. The first-order valence-corrected chi connectivity index (χ1v) is 5.39. The van der Waals surface area contributed by atoms with Gasteiger partial charge in [-0.3, -0.25) is 0 Å². The lowest BCUT2D eigenvalue weighted by Gasteiger charge is -2.14. The largest absolute Gasteiger partial charge is 0.175 e. The lowest BCUT2D eigenvalue weighted by molar-refractivity contribution is 0.400. The van der Waals surface area contributed by atoms with E-state index in [4.69, 9.17) is 0 Å². The van der Waals surface area contributed by atoms with Crippen LogP contribution in [0, 0.1) is 5.41 Å². The number of tetrazole rings is 1. The third kappa shape index (κ3) is 2.66. The van der Waals surface area contributed by atoms with Gasteiger partial charge in [0.15, 0.2) is 5.82 Å². The summed E-state index contributed by atoms with van der Waals surface area (Å²) in [5, 5.41) is 12.5. The Morgan fingerprint density at radius 1 is 1.12 bits per heavy atom. The van der Waals surface area contributed by atoms with E-state index in [0.29, 0.717) is 0 Å². The predicted molar refractivity (Wildman–Crippen MR) is 62.3 cm³/mol. The second-order valence-corrected chi connectivity index (χ2v) is 5.07. The van der Waals surface area contributed by atoms with Crippen molar-refractivity contribution in [3.8, 4) is 5.69 Å². The summed E-state index contributed by atoms with van der Waals surface area (Å²) in [4.78, 5) is 1.57. The van der Waals surface area contributed by atoms with Crippen molar-refractivity contribution in [3.63, 3.8) is 0 Å². The molecule has 4 heteroatoms. The Bertz CT molecular complexity index is 453. The van der Waals surface area contributed by atoms with Crippen LogP contribution in [0.15, 0.2) is 30.3 Å². The minimum Gasteiger partial charge on any atom is -0.131 e. The van der Waals surface area contributed by atoms with Gasteiger partial charge in [-0.05, 0) is 22.8 Å². The Hall–Kier alpha value is -1.71. The molecule has 0 radical (unpaired) electrons. The van der Waals surface area contributed by atoms with Gasteiger partial charge in [0.25, 0.3) is 0 Å². The zero-order valence-electron chi connectivity index (χ0n) is 9.88. The van der Waals surface area contributed by atoms with Gasteiger partial charge in [0.2, 0.25) is 0 Å². The Kier molecular flexibility index (Phi) is 2.73. The molecule has 0 fully saturated rings. The van der Waals surface area contributed by atoms with E-state index >= 15 is 0 Å². The summed E-state index contributed by atoms with van der Waals surface area (Å²) in [6, 6.07) is 9.81. The Labute approximate surface area is 95.3 Å². The highest BCUT2D eigenvalue weighted by Crippen LogP contribution is 2.17. The maximum Gasteiger partial charge on any atom is 0.175 e. The molecule has 0 saturated carbocycles. The van der Waals surface area contributed by atoms with Gasteiger partial charge in [0.1, 0.15) is 0 Å². The van der Waals surface area contributed by atoms with Crippen LogP contribution in [0.2, 0.25) is 0 Å². The van der Waals surface area contributed by atoms with E-state index in [2.05, 4.69) is 36.2 Å². The third-order valence-electron chi connectivity index (χ3n) is 2.13. The van der Waals surface area contributed by atoms with Gasteiger partial charge >= 0.3 is 0 Å². The molecular weight excluding hydrogens is 200 g/mol. The van der Waals surface area contributed by atoms with Crippen molar-refractivity contribution in [2.24, 2.45) is 5.41 Å². The van der Waals surface area contributed by atoms with Crippen LogP contribution in [0.5, 0.6) is 0 Å². The van der Waals surface area contributed by atoms with Crippen molar-refractivity contribution < 1.29 is 0 Å². The van der Waals surface area contributed by atoms with Crippen molar-refractivity contribution in [1.29, 1.82) is 0 Å². The lowest BCUT2D eigenvalue weighted by Crippen LogP contribution is -2.10. The van der Waals surface area contributed by atoms with E-state index < -0.39 is 0 Å². The average Bonchev–Trinajstić information content (AvgIpc) is 2.65. The first-order valence-electron chi connectivity index (χ1n) is 5.39. The maximum atomic E-state index is 4.36. The molecule has 4 nitrogen and oxygen atoms in total. The average molecular weight is 216 g/mol. The van der Waals surface area contributed by atoms with Gasteiger partial charge in [-0.2, -0.15) is 0 Å². The fourth-order valence-corrected chi connectivity index (χ4v) is 1.46. The quantitative estimate of drug-likeness (QED) is 0.773. The van der Waals surface area contributed by atoms with Crippen LogP contribution in [-0.4, -0.2) is 20.2 Å². The molecule has 1 heterocycles. The number of hydrogen-bond acceptors (Lipinski definition) is 3. The SMILES string of the molecule is CC(C)(C)Cc1nnn(-c2ccccc2)n1. The van der Waals surface area contributed by atoms with Gasteiger partial charge in [-0.1, -0.05) is 39.0 Å². The summed E-state index contributed by atoms with van der Waals surface area (Å²) < 4.78 is 0. The highest BCUT2D eigenvalue weighted by molar-refractivity contribution is 5.27. The fourth-order valence-electron chi connectivity index (χ4n) is 1.46. The zero-order chi connectivity index (χ0) is 11.6. The summed E-state index contributed by atoms with van der Waals surface area (Å²) in [7, 11) is 0. The molecule has 0 amide bonds. The van der Waals surface area contributed by atoms with Crippen molar-refractivity contribution in [1.82, 2.24) is 20.2 Å². The summed E-state index contributed by atoms with van der Waals surface area (Å²) in [6.07, 6.45) is 0.833. The lowest BCUT2D eigenvalue weighted by atomic mass is 9.92. The van der Waals surface area contributed by atoms with E-state index in [-0.39, 0.29) is 5.41 Å². The van der Waals surface area contributed by atoms with Crippen molar-refractivity contribution in [2.75, 3.05) is 0 Å². The van der Waals surface area contributed by atoms with E-state index in [1.165, 1.54) is 0 Å². The Balaban J connectivity index is 2.21. The Morgan fingerprint density at radius 3 is 2.44 bits per heavy atom. The van der Waals surface area contributed by atoms with Gasteiger partial charge < -0.3 is 0 Å². The smallest absolute Gasteiger partial charge is 0.131 e. The topological polar surface area (TPSA) is 43.6 Å². The molecule has 84 valence electrons. The van der Waals surface area contributed by atoms with E-state index in [1.54, 1.807) is 4.80 Å². The molecule has 1 aromatic carbocycles. The molecule has 0 aliphatic heterocycles. The summed E-state index contributed by atoms with van der Waals surface area (Å²) >= 11 is 0. The summed E-state index contributed by atoms with van der Waals surface area (Å²) in [5.41, 5.74) is 1.13. The zero-order valence-corrected chi connectivity index (χ0v) is 9.88. The van der Waals surface area contributed by atoms with Crippen molar-refractivity contribution in [2.45, 2.75) is 27.2 Å². The molecule has 16 heavy (non-hydrogen) atoms. The minimum absolute atomic E-state index is 0.185. The number of nitrogens with zero attached hydrogens (tertiary/aromatic N) is 4. The molecule has 2 rings (SSSR count). The standard InChI is InChI=1S/C12H16N4/c1-12(2,3)9-11-13-15-16(14-11)10-7-5-4-6-8-10/h4-8H,9H2,1-3H3. The van der Waals surface area contributed by atoms with Crippen LogP contribution < -0.4 is 0 Å². The van der Waals surface area contributed by atoms with E-state index in [0.717, 1.165) is 17.9 Å². The van der Waals surface area contributed by atoms with Gasteiger partial charge in [0.05, 0.1) is 5.69 Å². The molecule has 0 bridgehead atoms. The molecule has 0 N–H and O–H groups in total. The van der Waals surface area contributed by atoms with Gasteiger partial charge in [0, 0.05) is 6.42 Å². The van der Waals surface area contributed by atoms with E-state index in [1.807, 2.05) is 30.3 Å². The number of para-hydroxylation sites is 1. The molecule has 1 aromatic heterocycles. The molecule has 0 unspecified atom stereocenters. The molecule has 0 aliphatic rings. The monoisotopic (exact) mass is 216 g/mol. The first-order chi connectivity index (χ1) is 7.54. The molecule has 0 atom stereocenters. The van der Waals surface area contributed by atoms with Crippen molar-refractivity contribution in [3.05, 3.63) is 36.2 Å². The molecule has 2 aromatic rings. The summed E-state index contributed by atoms with van der Waals surface area (Å²) in [6.45, 7) is 6.49.